The molecular weight excluding hydrogens is 392 g/mol. The van der Waals surface area contributed by atoms with E-state index in [0.29, 0.717) is 5.69 Å². The van der Waals surface area contributed by atoms with Gasteiger partial charge in [0.15, 0.2) is 0 Å². The Labute approximate surface area is 182 Å². The Morgan fingerprint density at radius 3 is 2.48 bits per heavy atom. The fourth-order valence-corrected chi connectivity index (χ4v) is 4.26. The molecule has 0 saturated carbocycles. The van der Waals surface area contributed by atoms with E-state index in [1.165, 1.54) is 10.5 Å². The predicted molar refractivity (Wildman–Crippen MR) is 118 cm³/mol. The number of anilines is 1. The third kappa shape index (κ3) is 4.61. The highest BCUT2D eigenvalue weighted by Crippen LogP contribution is 2.26. The van der Waals surface area contributed by atoms with E-state index in [9.17, 15) is 14.4 Å². The minimum Gasteiger partial charge on any atom is -0.350 e. The summed E-state index contributed by atoms with van der Waals surface area (Å²) in [5.41, 5.74) is 2.98. The Kier molecular flexibility index (Phi) is 6.04. The van der Waals surface area contributed by atoms with Crippen LogP contribution >= 0.6 is 0 Å². The van der Waals surface area contributed by atoms with Crippen LogP contribution in [0.3, 0.4) is 0 Å². The number of rotatable bonds is 6. The van der Waals surface area contributed by atoms with Crippen molar-refractivity contribution < 1.29 is 14.4 Å². The van der Waals surface area contributed by atoms with Gasteiger partial charge in [-0.05, 0) is 38.0 Å². The average molecular weight is 421 g/mol. The van der Waals surface area contributed by atoms with Gasteiger partial charge in [0.05, 0.1) is 0 Å². The number of likely N-dealkylation sites (tertiary alicyclic amines) is 1. The number of urea groups is 1. The number of aryl methyl sites for hydroxylation is 1. The lowest BCUT2D eigenvalue weighted by Crippen LogP contribution is -2.45. The second-order valence-electron chi connectivity index (χ2n) is 8.36. The summed E-state index contributed by atoms with van der Waals surface area (Å²) < 4.78 is 0. The fraction of sp³-hybridized carbons (Fsp3) is 0.375. The van der Waals surface area contributed by atoms with Crippen molar-refractivity contribution in [2.75, 3.05) is 24.5 Å². The molecule has 0 spiro atoms. The van der Waals surface area contributed by atoms with Crippen molar-refractivity contribution in [2.45, 2.75) is 38.9 Å². The second kappa shape index (κ2) is 8.89. The third-order valence-electron chi connectivity index (χ3n) is 5.95. The Bertz CT molecular complexity index is 961. The average Bonchev–Trinajstić information content (AvgIpc) is 3.27. The van der Waals surface area contributed by atoms with E-state index in [1.807, 2.05) is 49.4 Å². The van der Waals surface area contributed by atoms with Crippen LogP contribution in [0.4, 0.5) is 10.5 Å². The van der Waals surface area contributed by atoms with Crippen molar-refractivity contribution >= 4 is 23.5 Å². The summed E-state index contributed by atoms with van der Waals surface area (Å²) in [6, 6.07) is 16.6. The number of benzene rings is 2. The molecule has 1 N–H and O–H groups in total. The maximum Gasteiger partial charge on any atom is 0.332 e. The number of hydrogen-bond donors (Lipinski definition) is 1. The van der Waals surface area contributed by atoms with Crippen molar-refractivity contribution in [3.05, 3.63) is 65.7 Å². The topological polar surface area (TPSA) is 73.0 Å². The molecule has 0 bridgehead atoms. The molecule has 4 amide bonds. The molecule has 2 aromatic rings. The molecule has 0 unspecified atom stereocenters. The molecule has 0 radical (unpaired) electrons. The molecule has 2 heterocycles. The largest absolute Gasteiger partial charge is 0.350 e. The zero-order chi connectivity index (χ0) is 22.0. The monoisotopic (exact) mass is 420 g/mol. The molecule has 2 atom stereocenters. The zero-order valence-electron chi connectivity index (χ0n) is 18.0. The van der Waals surface area contributed by atoms with E-state index >= 15 is 0 Å². The Hall–Kier alpha value is -3.19. The molecular formula is C24H28N4O3. The van der Waals surface area contributed by atoms with Crippen LogP contribution in [-0.4, -0.2) is 59.4 Å². The van der Waals surface area contributed by atoms with Crippen molar-refractivity contribution in [3.63, 3.8) is 0 Å². The first-order valence-corrected chi connectivity index (χ1v) is 10.7. The fourth-order valence-electron chi connectivity index (χ4n) is 4.26. The Morgan fingerprint density at radius 1 is 1.06 bits per heavy atom. The molecule has 2 aliphatic rings. The lowest BCUT2D eigenvalue weighted by Gasteiger charge is -2.20. The van der Waals surface area contributed by atoms with Crippen LogP contribution < -0.4 is 10.2 Å². The molecule has 162 valence electrons. The maximum atomic E-state index is 12.9. The van der Waals surface area contributed by atoms with Crippen LogP contribution in [0, 0.1) is 6.92 Å². The number of hydrogen-bond acceptors (Lipinski definition) is 4. The van der Waals surface area contributed by atoms with Gasteiger partial charge in [0.25, 0.3) is 5.91 Å². The Morgan fingerprint density at radius 2 is 1.77 bits per heavy atom. The van der Waals surface area contributed by atoms with Crippen molar-refractivity contribution in [1.82, 2.24) is 15.1 Å². The smallest absolute Gasteiger partial charge is 0.332 e. The summed E-state index contributed by atoms with van der Waals surface area (Å²) in [5, 5.41) is 2.99. The van der Waals surface area contributed by atoms with Gasteiger partial charge in [0.2, 0.25) is 5.91 Å². The highest BCUT2D eigenvalue weighted by Gasteiger charge is 2.44. The number of carbonyl (C=O) groups excluding carboxylic acids is 3. The minimum absolute atomic E-state index is 0.0228. The predicted octanol–water partition coefficient (Wildman–Crippen LogP) is 2.54. The first-order chi connectivity index (χ1) is 14.9. The Balaban J connectivity index is 1.32. The van der Waals surface area contributed by atoms with Gasteiger partial charge < -0.3 is 5.32 Å². The lowest BCUT2D eigenvalue weighted by atomic mass is 10.2. The summed E-state index contributed by atoms with van der Waals surface area (Å²) >= 11 is 0. The van der Waals surface area contributed by atoms with E-state index in [0.717, 1.165) is 36.5 Å². The van der Waals surface area contributed by atoms with E-state index in [-0.39, 0.29) is 24.4 Å². The van der Waals surface area contributed by atoms with Gasteiger partial charge in [-0.3, -0.25) is 24.3 Å². The molecule has 2 aromatic carbocycles. The standard InChI is InChI=1S/C24H28N4O3/c1-17-8-10-21(11-9-17)28-18(2)23(30)27(24(28)31)16-22(29)25-20-12-13-26(15-20)14-19-6-4-3-5-7-19/h3-11,18,20H,12-16H2,1-2H3,(H,25,29)/t18-,20+/m0/s1. The summed E-state index contributed by atoms with van der Waals surface area (Å²) in [6.07, 6.45) is 0.854. The number of nitrogens with one attached hydrogen (secondary N) is 1. The van der Waals surface area contributed by atoms with Gasteiger partial charge in [-0.25, -0.2) is 4.79 Å². The zero-order valence-corrected chi connectivity index (χ0v) is 18.0. The number of amides is 4. The van der Waals surface area contributed by atoms with Crippen LogP contribution in [0.2, 0.25) is 0 Å². The van der Waals surface area contributed by atoms with Crippen molar-refractivity contribution in [1.29, 1.82) is 0 Å². The SMILES string of the molecule is Cc1ccc(N2C(=O)N(CC(=O)N[C@@H]3CCN(Cc4ccccc4)C3)C(=O)[C@@H]2C)cc1. The molecule has 31 heavy (non-hydrogen) atoms. The first kappa shape index (κ1) is 21.1. The van der Waals surface area contributed by atoms with Gasteiger partial charge in [-0.15, -0.1) is 0 Å². The van der Waals surface area contributed by atoms with E-state index in [1.54, 1.807) is 6.92 Å². The number of imide groups is 1. The minimum atomic E-state index is -0.629. The molecule has 2 saturated heterocycles. The molecule has 0 aliphatic carbocycles. The summed E-state index contributed by atoms with van der Waals surface area (Å²) in [5.74, 6) is -0.649. The normalized spacial score (nSPS) is 21.7. The molecule has 7 nitrogen and oxygen atoms in total. The van der Waals surface area contributed by atoms with E-state index in [2.05, 4.69) is 22.3 Å². The van der Waals surface area contributed by atoms with Crippen molar-refractivity contribution in [3.8, 4) is 0 Å². The number of nitrogens with zero attached hydrogens (tertiary/aromatic N) is 3. The summed E-state index contributed by atoms with van der Waals surface area (Å²) in [6.45, 7) is 5.91. The van der Waals surface area contributed by atoms with E-state index in [4.69, 9.17) is 0 Å². The molecule has 4 rings (SSSR count). The molecule has 7 heteroatoms. The summed E-state index contributed by atoms with van der Waals surface area (Å²) in [4.78, 5) is 43.0. The highest BCUT2D eigenvalue weighted by molar-refractivity contribution is 6.15. The van der Waals surface area contributed by atoms with Crippen LogP contribution in [0.15, 0.2) is 54.6 Å². The quantitative estimate of drug-likeness (QED) is 0.729. The van der Waals surface area contributed by atoms with Gasteiger partial charge in [-0.2, -0.15) is 0 Å². The van der Waals surface area contributed by atoms with Crippen molar-refractivity contribution in [2.24, 2.45) is 0 Å². The second-order valence-corrected chi connectivity index (χ2v) is 8.36. The van der Waals surface area contributed by atoms with Gasteiger partial charge in [0.1, 0.15) is 12.6 Å². The van der Waals surface area contributed by atoms with Gasteiger partial charge >= 0.3 is 6.03 Å². The van der Waals surface area contributed by atoms with Crippen LogP contribution in [0.5, 0.6) is 0 Å². The maximum absolute atomic E-state index is 12.9. The first-order valence-electron chi connectivity index (χ1n) is 10.7. The van der Waals surface area contributed by atoms with Crippen LogP contribution in [0.1, 0.15) is 24.5 Å². The van der Waals surface area contributed by atoms with E-state index < -0.39 is 12.1 Å². The van der Waals surface area contributed by atoms with Gasteiger partial charge in [0, 0.05) is 31.4 Å². The van der Waals surface area contributed by atoms with Gasteiger partial charge in [-0.1, -0.05) is 48.0 Å². The highest BCUT2D eigenvalue weighted by atomic mass is 16.2. The number of carbonyl (C=O) groups is 3. The van der Waals surface area contributed by atoms with Crippen LogP contribution in [0.25, 0.3) is 0 Å². The molecule has 2 fully saturated rings. The molecule has 0 aromatic heterocycles. The summed E-state index contributed by atoms with van der Waals surface area (Å²) in [7, 11) is 0. The third-order valence-corrected chi connectivity index (χ3v) is 5.95. The van der Waals surface area contributed by atoms with Crippen LogP contribution in [-0.2, 0) is 16.1 Å². The lowest BCUT2D eigenvalue weighted by molar-refractivity contribution is -0.132. The molecule has 2 aliphatic heterocycles.